The first kappa shape index (κ1) is 27.2. The normalized spacial score (nSPS) is 19.8. The van der Waals surface area contributed by atoms with Crippen LogP contribution in [0.4, 0.5) is 13.2 Å². The summed E-state index contributed by atoms with van der Waals surface area (Å²) in [5.74, 6) is -0.986. The summed E-state index contributed by atoms with van der Waals surface area (Å²) in [6.45, 7) is 0.987. The maximum absolute atomic E-state index is 13.8. The molecule has 2 saturated heterocycles. The van der Waals surface area contributed by atoms with Gasteiger partial charge in [-0.15, -0.1) is 0 Å². The third kappa shape index (κ3) is 6.17. The molecule has 2 aromatic carbocycles. The smallest absolute Gasteiger partial charge is 0.416 e. The highest BCUT2D eigenvalue weighted by molar-refractivity contribution is 7.89. The Morgan fingerprint density at radius 2 is 1.73 bits per heavy atom. The lowest BCUT2D eigenvalue weighted by Gasteiger charge is -2.35. The van der Waals surface area contributed by atoms with Crippen molar-refractivity contribution in [1.82, 2.24) is 9.79 Å². The van der Waals surface area contributed by atoms with Crippen molar-refractivity contribution < 1.29 is 45.8 Å². The lowest BCUT2D eigenvalue weighted by molar-refractivity contribution is -0.137. The Morgan fingerprint density at radius 1 is 1.03 bits per heavy atom. The summed E-state index contributed by atoms with van der Waals surface area (Å²) < 4.78 is 84.5. The van der Waals surface area contributed by atoms with Crippen LogP contribution < -0.4 is 15.0 Å². The number of hydrogen-bond acceptors (Lipinski definition) is 7. The number of benzene rings is 2. The van der Waals surface area contributed by atoms with Crippen LogP contribution in [0.3, 0.4) is 0 Å². The van der Waals surface area contributed by atoms with Gasteiger partial charge in [0.15, 0.2) is 6.23 Å². The first-order valence-corrected chi connectivity index (χ1v) is 13.2. The molecule has 13 heteroatoms. The van der Waals surface area contributed by atoms with Crippen molar-refractivity contribution in [3.63, 3.8) is 0 Å². The maximum Gasteiger partial charge on any atom is 0.416 e. The molecule has 37 heavy (non-hydrogen) atoms. The Morgan fingerprint density at radius 3 is 2.38 bits per heavy atom. The number of rotatable bonds is 7. The number of carbonyl (C=O) groups is 1. The first-order valence-electron chi connectivity index (χ1n) is 11.8. The van der Waals surface area contributed by atoms with E-state index in [-0.39, 0.29) is 34.6 Å². The number of sulfonamides is 1. The van der Waals surface area contributed by atoms with Crippen molar-refractivity contribution in [2.75, 3.05) is 19.8 Å². The zero-order valence-corrected chi connectivity index (χ0v) is 20.6. The van der Waals surface area contributed by atoms with Gasteiger partial charge in [-0.05, 0) is 55.7 Å². The maximum atomic E-state index is 13.8. The fourth-order valence-electron chi connectivity index (χ4n) is 4.35. The van der Waals surface area contributed by atoms with Gasteiger partial charge in [-0.1, -0.05) is 6.07 Å². The second-order valence-corrected chi connectivity index (χ2v) is 10.6. The van der Waals surface area contributed by atoms with Crippen LogP contribution in [0.15, 0.2) is 47.4 Å². The molecule has 1 unspecified atom stereocenters. The SMILES string of the molecule is O=C(NO)c1c(OC2CCOCC2)cccc1S(=O)(=O)N1CCCCC1Oc1ccc(C(F)(F)F)cc1. The molecule has 0 bridgehead atoms. The van der Waals surface area contributed by atoms with Gasteiger partial charge in [-0.25, -0.2) is 13.9 Å². The molecule has 0 saturated carbocycles. The minimum atomic E-state index is -4.51. The van der Waals surface area contributed by atoms with E-state index in [1.807, 2.05) is 0 Å². The number of amides is 1. The van der Waals surface area contributed by atoms with E-state index in [9.17, 15) is 31.6 Å². The number of hydrogen-bond donors (Lipinski definition) is 2. The molecule has 1 atom stereocenters. The van der Waals surface area contributed by atoms with Crippen molar-refractivity contribution >= 4 is 15.9 Å². The number of ether oxygens (including phenoxy) is 3. The van der Waals surface area contributed by atoms with E-state index in [4.69, 9.17) is 14.2 Å². The van der Waals surface area contributed by atoms with Crippen molar-refractivity contribution in [3.8, 4) is 11.5 Å². The van der Waals surface area contributed by atoms with Gasteiger partial charge in [-0.3, -0.25) is 10.0 Å². The fraction of sp³-hybridized carbons (Fsp3) is 0.458. The molecule has 202 valence electrons. The predicted molar refractivity (Wildman–Crippen MR) is 124 cm³/mol. The van der Waals surface area contributed by atoms with E-state index < -0.39 is 33.9 Å². The van der Waals surface area contributed by atoms with Crippen molar-refractivity contribution in [2.24, 2.45) is 0 Å². The highest BCUT2D eigenvalue weighted by Crippen LogP contribution is 2.35. The number of halogens is 3. The Labute approximate surface area is 212 Å². The average molecular weight is 545 g/mol. The Bertz CT molecular complexity index is 1200. The highest BCUT2D eigenvalue weighted by Gasteiger charge is 2.39. The molecule has 2 aromatic rings. The van der Waals surface area contributed by atoms with Crippen LogP contribution in [-0.4, -0.2) is 55.9 Å². The number of piperidine rings is 1. The summed E-state index contributed by atoms with van der Waals surface area (Å²) in [6, 6.07) is 8.11. The summed E-state index contributed by atoms with van der Waals surface area (Å²) in [4.78, 5) is 12.3. The number of carbonyl (C=O) groups excluding carboxylic acids is 1. The molecule has 9 nitrogen and oxygen atoms in total. The Kier molecular flexibility index (Phi) is 8.26. The quantitative estimate of drug-likeness (QED) is 0.401. The molecule has 2 heterocycles. The predicted octanol–water partition coefficient (Wildman–Crippen LogP) is 3.96. The van der Waals surface area contributed by atoms with Crippen LogP contribution in [0.5, 0.6) is 11.5 Å². The summed E-state index contributed by atoms with van der Waals surface area (Å²) in [6.07, 6.45) is -3.29. The van der Waals surface area contributed by atoms with Gasteiger partial charge in [0.1, 0.15) is 23.2 Å². The summed E-state index contributed by atoms with van der Waals surface area (Å²) in [5.41, 5.74) is 0.289. The Hall–Kier alpha value is -2.87. The molecule has 0 spiro atoms. The van der Waals surface area contributed by atoms with Crippen LogP contribution in [0.2, 0.25) is 0 Å². The number of hydroxylamine groups is 1. The zero-order chi connectivity index (χ0) is 26.6. The lowest BCUT2D eigenvalue weighted by atomic mass is 10.1. The monoisotopic (exact) mass is 544 g/mol. The second-order valence-electron chi connectivity index (χ2n) is 8.71. The van der Waals surface area contributed by atoms with Crippen LogP contribution in [0.25, 0.3) is 0 Å². The highest BCUT2D eigenvalue weighted by atomic mass is 32.2. The summed E-state index contributed by atoms with van der Waals surface area (Å²) >= 11 is 0. The van der Waals surface area contributed by atoms with Crippen molar-refractivity contribution in [2.45, 2.75) is 55.5 Å². The number of alkyl halides is 3. The van der Waals surface area contributed by atoms with Gasteiger partial charge in [0.05, 0.1) is 23.7 Å². The molecule has 2 aliphatic heterocycles. The summed E-state index contributed by atoms with van der Waals surface area (Å²) in [7, 11) is -4.36. The molecule has 4 rings (SSSR count). The Balaban J connectivity index is 1.65. The third-order valence-corrected chi connectivity index (χ3v) is 8.15. The van der Waals surface area contributed by atoms with Gasteiger partial charge >= 0.3 is 6.18 Å². The van der Waals surface area contributed by atoms with Crippen LogP contribution in [0, 0.1) is 0 Å². The van der Waals surface area contributed by atoms with E-state index in [1.54, 1.807) is 0 Å². The molecule has 2 aliphatic rings. The van der Waals surface area contributed by atoms with E-state index in [0.29, 0.717) is 45.3 Å². The molecule has 2 N–H and O–H groups in total. The van der Waals surface area contributed by atoms with Crippen LogP contribution in [-0.2, 0) is 20.9 Å². The van der Waals surface area contributed by atoms with Gasteiger partial charge in [-0.2, -0.15) is 17.5 Å². The van der Waals surface area contributed by atoms with Crippen LogP contribution >= 0.6 is 0 Å². The number of nitrogens with one attached hydrogen (secondary N) is 1. The number of nitrogens with zero attached hydrogens (tertiary/aromatic N) is 1. The molecule has 2 fully saturated rings. The van der Waals surface area contributed by atoms with E-state index >= 15 is 0 Å². The molecule has 1 amide bonds. The van der Waals surface area contributed by atoms with E-state index in [1.165, 1.54) is 23.7 Å². The van der Waals surface area contributed by atoms with Crippen molar-refractivity contribution in [1.29, 1.82) is 0 Å². The molecule has 0 aliphatic carbocycles. The van der Waals surface area contributed by atoms with Gasteiger partial charge in [0, 0.05) is 19.4 Å². The van der Waals surface area contributed by atoms with Gasteiger partial charge in [0.2, 0.25) is 10.0 Å². The third-order valence-electron chi connectivity index (χ3n) is 6.22. The summed E-state index contributed by atoms with van der Waals surface area (Å²) in [5, 5.41) is 9.36. The first-order chi connectivity index (χ1) is 17.6. The second kappa shape index (κ2) is 11.3. The molecule has 0 aromatic heterocycles. The lowest BCUT2D eigenvalue weighted by Crippen LogP contribution is -2.47. The standard InChI is InChI=1S/C24H27F3N2O7S/c25-24(26,27)16-7-9-17(10-8-16)36-21-6-1-2-13-29(21)37(32,33)20-5-3-4-19(22(20)23(30)28-31)35-18-11-14-34-15-12-18/h3-5,7-10,18,21,31H,1-2,6,11-15H2,(H,28,30). The average Bonchev–Trinajstić information content (AvgIpc) is 2.89. The molecular formula is C24H27F3N2O7S. The van der Waals surface area contributed by atoms with Crippen LogP contribution in [0.1, 0.15) is 48.0 Å². The minimum absolute atomic E-state index is 0.00302. The minimum Gasteiger partial charge on any atom is -0.489 e. The fourth-order valence-corrected chi connectivity index (χ4v) is 6.13. The molecular weight excluding hydrogens is 517 g/mol. The van der Waals surface area contributed by atoms with E-state index in [2.05, 4.69) is 0 Å². The molecule has 0 radical (unpaired) electrons. The zero-order valence-electron chi connectivity index (χ0n) is 19.7. The van der Waals surface area contributed by atoms with Crippen molar-refractivity contribution in [3.05, 3.63) is 53.6 Å². The largest absolute Gasteiger partial charge is 0.489 e. The van der Waals surface area contributed by atoms with Gasteiger partial charge < -0.3 is 14.2 Å². The van der Waals surface area contributed by atoms with E-state index in [0.717, 1.165) is 28.6 Å². The van der Waals surface area contributed by atoms with Gasteiger partial charge in [0.25, 0.3) is 5.91 Å². The topological polar surface area (TPSA) is 114 Å².